The third-order valence-electron chi connectivity index (χ3n) is 5.62. The molecule has 10 heteroatoms. The smallest absolute Gasteiger partial charge is 0.408 e. The standard InChI is InChI=1S/C25H35N3O7/c1-13(2)20(21(30)19-14(3)22(31)28-23(19)32)27-18(29)12-17(26-24(33)35-25(4,5)6)15-9-8-10-16(11-15)34-7/h8-11,13-14,17,19-20H,12H2,1-7H3,(H,26,33)(H,27,29)(H,28,31,32)/t14-,17-,19+,20-/m0/s1. The van der Waals surface area contributed by atoms with Gasteiger partial charge >= 0.3 is 6.09 Å². The van der Waals surface area contributed by atoms with Crippen LogP contribution in [0.1, 0.15) is 59.6 Å². The first-order valence-electron chi connectivity index (χ1n) is 11.5. The van der Waals surface area contributed by atoms with E-state index in [0.717, 1.165) is 0 Å². The molecule has 0 spiro atoms. The molecule has 4 amide bonds. The first-order chi connectivity index (χ1) is 16.2. The Balaban J connectivity index is 2.23. The van der Waals surface area contributed by atoms with E-state index in [1.54, 1.807) is 58.9 Å². The van der Waals surface area contributed by atoms with Gasteiger partial charge in [0.1, 0.15) is 17.3 Å². The lowest BCUT2D eigenvalue weighted by molar-refractivity contribution is -0.137. The van der Waals surface area contributed by atoms with Gasteiger partial charge in [-0.15, -0.1) is 0 Å². The molecule has 0 saturated carbocycles. The Kier molecular flexibility index (Phi) is 9.00. The molecule has 1 saturated heterocycles. The molecule has 4 atom stereocenters. The number of Topliss-reactive ketones (excluding diaryl/α,β-unsaturated/α-hetero) is 1. The summed E-state index contributed by atoms with van der Waals surface area (Å²) in [4.78, 5) is 62.7. The van der Waals surface area contributed by atoms with Crippen LogP contribution in [0.25, 0.3) is 0 Å². The second kappa shape index (κ2) is 11.3. The number of rotatable bonds is 9. The Morgan fingerprint density at radius 1 is 1.09 bits per heavy atom. The van der Waals surface area contributed by atoms with Crippen molar-refractivity contribution in [2.24, 2.45) is 17.8 Å². The number of amides is 4. The van der Waals surface area contributed by atoms with Crippen LogP contribution in [0, 0.1) is 17.8 Å². The second-order valence-electron chi connectivity index (χ2n) is 9.99. The highest BCUT2D eigenvalue weighted by Crippen LogP contribution is 2.25. The van der Waals surface area contributed by atoms with E-state index in [-0.39, 0.29) is 12.3 Å². The predicted molar refractivity (Wildman–Crippen MR) is 127 cm³/mol. The molecule has 192 valence electrons. The van der Waals surface area contributed by atoms with Crippen molar-refractivity contribution in [2.75, 3.05) is 7.11 Å². The Morgan fingerprint density at radius 2 is 1.74 bits per heavy atom. The monoisotopic (exact) mass is 489 g/mol. The Hall–Kier alpha value is -3.43. The van der Waals surface area contributed by atoms with Crippen LogP contribution in [0.15, 0.2) is 24.3 Å². The maximum Gasteiger partial charge on any atom is 0.408 e. The van der Waals surface area contributed by atoms with Crippen LogP contribution in [-0.2, 0) is 23.9 Å². The zero-order chi connectivity index (χ0) is 26.5. The summed E-state index contributed by atoms with van der Waals surface area (Å²) in [6.45, 7) is 10.2. The Bertz CT molecular complexity index is 984. The first kappa shape index (κ1) is 27.8. The van der Waals surface area contributed by atoms with Crippen molar-refractivity contribution in [3.8, 4) is 5.75 Å². The fourth-order valence-electron chi connectivity index (χ4n) is 3.80. The molecule has 1 fully saturated rings. The lowest BCUT2D eigenvalue weighted by Crippen LogP contribution is -2.49. The fraction of sp³-hybridized carbons (Fsp3) is 0.560. The molecule has 10 nitrogen and oxygen atoms in total. The predicted octanol–water partition coefficient (Wildman–Crippen LogP) is 2.27. The number of carbonyl (C=O) groups excluding carboxylic acids is 5. The van der Waals surface area contributed by atoms with Crippen molar-refractivity contribution < 1.29 is 33.4 Å². The molecule has 35 heavy (non-hydrogen) atoms. The van der Waals surface area contributed by atoms with Crippen molar-refractivity contribution in [1.82, 2.24) is 16.0 Å². The van der Waals surface area contributed by atoms with Gasteiger partial charge in [0.15, 0.2) is 5.78 Å². The topological polar surface area (TPSA) is 140 Å². The van der Waals surface area contributed by atoms with E-state index in [0.29, 0.717) is 11.3 Å². The summed E-state index contributed by atoms with van der Waals surface area (Å²) in [5.41, 5.74) is -0.136. The Morgan fingerprint density at radius 3 is 2.26 bits per heavy atom. The van der Waals surface area contributed by atoms with Gasteiger partial charge in [-0.3, -0.25) is 24.5 Å². The number of imide groups is 1. The van der Waals surface area contributed by atoms with Crippen LogP contribution >= 0.6 is 0 Å². The van der Waals surface area contributed by atoms with Gasteiger partial charge in [-0.1, -0.05) is 32.9 Å². The number of nitrogens with one attached hydrogen (secondary N) is 3. The van der Waals surface area contributed by atoms with E-state index in [2.05, 4.69) is 16.0 Å². The van der Waals surface area contributed by atoms with Crippen molar-refractivity contribution in [2.45, 2.75) is 65.6 Å². The van der Waals surface area contributed by atoms with E-state index < -0.39 is 59.1 Å². The molecule has 0 radical (unpaired) electrons. The van der Waals surface area contributed by atoms with E-state index in [4.69, 9.17) is 9.47 Å². The molecule has 1 heterocycles. The van der Waals surface area contributed by atoms with E-state index in [9.17, 15) is 24.0 Å². The van der Waals surface area contributed by atoms with Crippen LogP contribution in [0.5, 0.6) is 5.75 Å². The number of ether oxygens (including phenoxy) is 2. The largest absolute Gasteiger partial charge is 0.497 e. The lowest BCUT2D eigenvalue weighted by Gasteiger charge is -2.27. The summed E-state index contributed by atoms with van der Waals surface area (Å²) in [5, 5.41) is 7.57. The summed E-state index contributed by atoms with van der Waals surface area (Å²) in [6.07, 6.45) is -0.904. The van der Waals surface area contributed by atoms with E-state index in [1.807, 2.05) is 0 Å². The lowest BCUT2D eigenvalue weighted by atomic mass is 9.85. The highest BCUT2D eigenvalue weighted by Gasteiger charge is 2.46. The van der Waals surface area contributed by atoms with Crippen molar-refractivity contribution in [1.29, 1.82) is 0 Å². The maximum atomic E-state index is 13.1. The number of hydrogen-bond donors (Lipinski definition) is 3. The number of methoxy groups -OCH3 is 1. The van der Waals surface area contributed by atoms with Crippen LogP contribution in [0.2, 0.25) is 0 Å². The molecule has 2 rings (SSSR count). The fourth-order valence-corrected chi connectivity index (χ4v) is 3.80. The zero-order valence-electron chi connectivity index (χ0n) is 21.3. The van der Waals surface area contributed by atoms with Crippen LogP contribution in [-0.4, -0.2) is 48.4 Å². The highest BCUT2D eigenvalue weighted by atomic mass is 16.6. The summed E-state index contributed by atoms with van der Waals surface area (Å²) in [7, 11) is 1.51. The Labute approximate surface area is 205 Å². The molecular weight excluding hydrogens is 454 g/mol. The summed E-state index contributed by atoms with van der Waals surface area (Å²) in [5.74, 6) is -3.98. The van der Waals surface area contributed by atoms with Crippen LogP contribution in [0.3, 0.4) is 0 Å². The minimum atomic E-state index is -1.16. The number of hydrogen-bond acceptors (Lipinski definition) is 7. The second-order valence-corrected chi connectivity index (χ2v) is 9.99. The zero-order valence-corrected chi connectivity index (χ0v) is 21.3. The molecule has 0 aliphatic carbocycles. The van der Waals surface area contributed by atoms with Gasteiger partial charge in [-0.25, -0.2) is 4.79 Å². The molecular formula is C25H35N3O7. The minimum absolute atomic E-state index is 0.200. The van der Waals surface area contributed by atoms with Gasteiger partial charge < -0.3 is 20.1 Å². The molecule has 0 bridgehead atoms. The number of alkyl carbamates (subject to hydrolysis) is 1. The average molecular weight is 490 g/mol. The van der Waals surface area contributed by atoms with Crippen molar-refractivity contribution in [3.63, 3.8) is 0 Å². The van der Waals surface area contributed by atoms with Gasteiger partial charge in [0.05, 0.1) is 31.5 Å². The molecule has 1 aromatic carbocycles. The van der Waals surface area contributed by atoms with Crippen LogP contribution in [0.4, 0.5) is 4.79 Å². The average Bonchev–Trinajstić information content (AvgIpc) is 3.00. The highest BCUT2D eigenvalue weighted by molar-refractivity contribution is 6.16. The quantitative estimate of drug-likeness (QED) is 0.357. The van der Waals surface area contributed by atoms with Gasteiger partial charge in [-0.05, 0) is 44.4 Å². The first-order valence-corrected chi connectivity index (χ1v) is 11.5. The van der Waals surface area contributed by atoms with Gasteiger partial charge in [0, 0.05) is 0 Å². The molecule has 3 N–H and O–H groups in total. The summed E-state index contributed by atoms with van der Waals surface area (Å²) < 4.78 is 10.6. The third kappa shape index (κ3) is 7.53. The molecule has 1 aromatic rings. The SMILES string of the molecule is COc1cccc([C@H](CC(=O)N[C@H](C(=O)[C@@H]2C(=O)NC(=O)[C@H]2C)C(C)C)NC(=O)OC(C)(C)C)c1. The third-order valence-corrected chi connectivity index (χ3v) is 5.62. The van der Waals surface area contributed by atoms with Crippen LogP contribution < -0.4 is 20.7 Å². The number of carbonyl (C=O) groups is 5. The summed E-state index contributed by atoms with van der Waals surface area (Å²) in [6, 6.07) is 5.12. The molecule has 1 aliphatic rings. The van der Waals surface area contributed by atoms with Gasteiger partial charge in [0.2, 0.25) is 17.7 Å². The van der Waals surface area contributed by atoms with Gasteiger partial charge in [0.25, 0.3) is 0 Å². The number of benzene rings is 1. The van der Waals surface area contributed by atoms with E-state index in [1.165, 1.54) is 14.0 Å². The molecule has 0 aromatic heterocycles. The minimum Gasteiger partial charge on any atom is -0.497 e. The normalized spacial score (nSPS) is 19.5. The molecule has 0 unspecified atom stereocenters. The molecule has 1 aliphatic heterocycles. The number of ketones is 1. The maximum absolute atomic E-state index is 13.1. The van der Waals surface area contributed by atoms with Crippen molar-refractivity contribution >= 4 is 29.6 Å². The summed E-state index contributed by atoms with van der Waals surface area (Å²) >= 11 is 0. The van der Waals surface area contributed by atoms with Crippen molar-refractivity contribution in [3.05, 3.63) is 29.8 Å². The van der Waals surface area contributed by atoms with E-state index >= 15 is 0 Å². The van der Waals surface area contributed by atoms with Gasteiger partial charge in [-0.2, -0.15) is 0 Å².